The zero-order valence-electron chi connectivity index (χ0n) is 18.3. The Bertz CT molecular complexity index is 1580. The molecular formula is C23H18F3N7O2. The molecule has 1 atom stereocenters. The van der Waals surface area contributed by atoms with Gasteiger partial charge in [0.05, 0.1) is 53.8 Å². The Balaban J connectivity index is 1.47. The first kappa shape index (κ1) is 21.2. The zero-order valence-corrected chi connectivity index (χ0v) is 18.3. The Labute approximate surface area is 195 Å². The first-order chi connectivity index (χ1) is 16.8. The zero-order chi connectivity index (χ0) is 24.3. The molecule has 0 fully saturated rings. The van der Waals surface area contributed by atoms with E-state index in [0.29, 0.717) is 41.2 Å². The van der Waals surface area contributed by atoms with E-state index < -0.39 is 17.9 Å². The van der Waals surface area contributed by atoms with Crippen molar-refractivity contribution in [3.05, 3.63) is 83.5 Å². The molecule has 178 valence electrons. The molecule has 5 aromatic heterocycles. The smallest absolute Gasteiger partial charge is 0.433 e. The van der Waals surface area contributed by atoms with Crippen LogP contribution in [-0.4, -0.2) is 53.7 Å². The molecule has 12 heteroatoms. The number of rotatable bonds is 3. The number of nitrogens with zero attached hydrogens (tertiary/aromatic N) is 6. The number of methoxy groups -OCH3 is 1. The van der Waals surface area contributed by atoms with Crippen LogP contribution >= 0.6 is 0 Å². The van der Waals surface area contributed by atoms with E-state index in [1.165, 1.54) is 25.7 Å². The SMILES string of the molecule is COc1ccc2c(C(=O)N3CCc4[nH]cnc4C3c3cc4cccc(C(F)(F)F)n4n3)cnn2c1. The number of halogens is 3. The lowest BCUT2D eigenvalue weighted by Gasteiger charge is -2.33. The van der Waals surface area contributed by atoms with Crippen LogP contribution in [-0.2, 0) is 12.6 Å². The number of hydrogen-bond acceptors (Lipinski definition) is 5. The summed E-state index contributed by atoms with van der Waals surface area (Å²) in [5.41, 5.74) is 1.98. The monoisotopic (exact) mass is 481 g/mol. The number of alkyl halides is 3. The molecule has 6 heterocycles. The average molecular weight is 481 g/mol. The minimum atomic E-state index is -4.58. The summed E-state index contributed by atoms with van der Waals surface area (Å²) in [5, 5.41) is 8.56. The quantitative estimate of drug-likeness (QED) is 0.426. The van der Waals surface area contributed by atoms with Crippen molar-refractivity contribution in [2.24, 2.45) is 0 Å². The van der Waals surface area contributed by atoms with Gasteiger partial charge in [0.25, 0.3) is 5.91 Å². The van der Waals surface area contributed by atoms with Crippen molar-refractivity contribution >= 4 is 16.9 Å². The molecule has 1 N–H and O–H groups in total. The van der Waals surface area contributed by atoms with Crippen molar-refractivity contribution in [3.8, 4) is 5.75 Å². The molecule has 0 bridgehead atoms. The molecule has 35 heavy (non-hydrogen) atoms. The van der Waals surface area contributed by atoms with Gasteiger partial charge < -0.3 is 14.6 Å². The largest absolute Gasteiger partial charge is 0.495 e. The van der Waals surface area contributed by atoms with Crippen LogP contribution in [0.3, 0.4) is 0 Å². The second-order valence-electron chi connectivity index (χ2n) is 8.19. The highest BCUT2D eigenvalue weighted by Crippen LogP contribution is 2.36. The van der Waals surface area contributed by atoms with Crippen LogP contribution in [0.2, 0.25) is 0 Å². The van der Waals surface area contributed by atoms with E-state index in [4.69, 9.17) is 4.74 Å². The van der Waals surface area contributed by atoms with Gasteiger partial charge in [0.2, 0.25) is 0 Å². The summed E-state index contributed by atoms with van der Waals surface area (Å²) in [5.74, 6) is 0.263. The molecule has 0 spiro atoms. The fraction of sp³-hybridized carbons (Fsp3) is 0.217. The minimum absolute atomic E-state index is 0.271. The highest BCUT2D eigenvalue weighted by atomic mass is 19.4. The number of hydrogen-bond donors (Lipinski definition) is 1. The summed E-state index contributed by atoms with van der Waals surface area (Å²) in [4.78, 5) is 22.8. The number of carbonyl (C=O) groups is 1. The standard InChI is InChI=1S/C23H18F3N7O2/c1-35-14-5-6-18-15(10-29-32(18)11-14)22(34)31-8-7-16-20(28-12-27-16)21(31)17-9-13-3-2-4-19(23(24,25)26)33(13)30-17/h2-6,9-12,21H,7-8H2,1H3,(H,27,28). The Morgan fingerprint density at radius 2 is 2.09 bits per heavy atom. The van der Waals surface area contributed by atoms with Gasteiger partial charge in [-0.15, -0.1) is 0 Å². The van der Waals surface area contributed by atoms with E-state index in [0.717, 1.165) is 16.3 Å². The molecule has 1 aliphatic rings. The molecule has 1 aliphatic heterocycles. The lowest BCUT2D eigenvalue weighted by Crippen LogP contribution is -2.41. The van der Waals surface area contributed by atoms with Gasteiger partial charge >= 0.3 is 6.18 Å². The molecule has 0 aliphatic carbocycles. The maximum Gasteiger partial charge on any atom is 0.433 e. The van der Waals surface area contributed by atoms with Crippen LogP contribution in [0.25, 0.3) is 11.0 Å². The molecule has 1 unspecified atom stereocenters. The van der Waals surface area contributed by atoms with Gasteiger partial charge in [-0.05, 0) is 30.3 Å². The average Bonchev–Trinajstić information content (AvgIpc) is 3.59. The summed E-state index contributed by atoms with van der Waals surface area (Å²) in [7, 11) is 1.54. The number of aromatic nitrogens is 6. The minimum Gasteiger partial charge on any atom is -0.495 e. The van der Waals surface area contributed by atoms with Crippen molar-refractivity contribution in [1.82, 2.24) is 34.1 Å². The van der Waals surface area contributed by atoms with Crippen LogP contribution in [0.15, 0.2) is 55.1 Å². The summed E-state index contributed by atoms with van der Waals surface area (Å²) in [6.07, 6.45) is 0.586. The van der Waals surface area contributed by atoms with Gasteiger partial charge in [0, 0.05) is 18.7 Å². The third kappa shape index (κ3) is 3.32. The lowest BCUT2D eigenvalue weighted by molar-refractivity contribution is -0.142. The van der Waals surface area contributed by atoms with Crippen LogP contribution in [0, 0.1) is 0 Å². The summed E-state index contributed by atoms with van der Waals surface area (Å²) < 4.78 is 48.4. The number of nitrogens with one attached hydrogen (secondary N) is 1. The number of aromatic amines is 1. The number of fused-ring (bicyclic) bond motifs is 3. The van der Waals surface area contributed by atoms with Gasteiger partial charge in [-0.25, -0.2) is 14.0 Å². The van der Waals surface area contributed by atoms with E-state index in [9.17, 15) is 18.0 Å². The van der Waals surface area contributed by atoms with Crippen LogP contribution in [0.4, 0.5) is 13.2 Å². The number of imidazole rings is 1. The number of carbonyl (C=O) groups excluding carboxylic acids is 1. The Morgan fingerprint density at radius 1 is 1.23 bits per heavy atom. The first-order valence-corrected chi connectivity index (χ1v) is 10.8. The van der Waals surface area contributed by atoms with Gasteiger partial charge in [0.15, 0.2) is 0 Å². The van der Waals surface area contributed by atoms with E-state index >= 15 is 0 Å². The number of H-pyrrole nitrogens is 1. The Kier molecular flexibility index (Phi) is 4.59. The predicted octanol–water partition coefficient (Wildman–Crippen LogP) is 3.52. The van der Waals surface area contributed by atoms with E-state index in [1.54, 1.807) is 39.9 Å². The van der Waals surface area contributed by atoms with Gasteiger partial charge in [0.1, 0.15) is 17.5 Å². The molecule has 6 rings (SSSR count). The van der Waals surface area contributed by atoms with Crippen molar-refractivity contribution in [1.29, 1.82) is 0 Å². The molecule has 0 aromatic carbocycles. The number of pyridine rings is 2. The van der Waals surface area contributed by atoms with Gasteiger partial charge in [-0.2, -0.15) is 23.4 Å². The highest BCUT2D eigenvalue weighted by molar-refractivity contribution is 6.01. The normalized spacial score (nSPS) is 16.1. The maximum absolute atomic E-state index is 13.8. The highest BCUT2D eigenvalue weighted by Gasteiger charge is 2.39. The fourth-order valence-corrected chi connectivity index (χ4v) is 4.58. The third-order valence-electron chi connectivity index (χ3n) is 6.22. The van der Waals surface area contributed by atoms with Crippen LogP contribution in [0.5, 0.6) is 5.75 Å². The topological polar surface area (TPSA) is 92.8 Å². The van der Waals surface area contributed by atoms with Gasteiger partial charge in [-0.3, -0.25) is 4.79 Å². The Hall–Kier alpha value is -4.35. The molecule has 1 amide bonds. The van der Waals surface area contributed by atoms with E-state index in [1.807, 2.05) is 0 Å². The summed E-state index contributed by atoms with van der Waals surface area (Å²) in [6.45, 7) is 0.326. The molecule has 0 saturated heterocycles. The summed E-state index contributed by atoms with van der Waals surface area (Å²) >= 11 is 0. The predicted molar refractivity (Wildman–Crippen MR) is 117 cm³/mol. The second-order valence-corrected chi connectivity index (χ2v) is 8.19. The van der Waals surface area contributed by atoms with Crippen molar-refractivity contribution in [2.75, 3.05) is 13.7 Å². The number of ether oxygens (including phenoxy) is 1. The molecule has 0 saturated carbocycles. The second kappa shape index (κ2) is 7.58. The first-order valence-electron chi connectivity index (χ1n) is 10.8. The fourth-order valence-electron chi connectivity index (χ4n) is 4.58. The van der Waals surface area contributed by atoms with Crippen molar-refractivity contribution in [3.63, 3.8) is 0 Å². The molecule has 5 aromatic rings. The Morgan fingerprint density at radius 3 is 2.89 bits per heavy atom. The van der Waals surface area contributed by atoms with Crippen LogP contribution < -0.4 is 4.74 Å². The molecular weight excluding hydrogens is 463 g/mol. The van der Waals surface area contributed by atoms with E-state index in [-0.39, 0.29) is 11.4 Å². The summed E-state index contributed by atoms with van der Waals surface area (Å²) in [6, 6.07) is 8.11. The number of amides is 1. The lowest BCUT2D eigenvalue weighted by atomic mass is 9.98. The van der Waals surface area contributed by atoms with Crippen molar-refractivity contribution in [2.45, 2.75) is 18.6 Å². The molecule has 0 radical (unpaired) electrons. The maximum atomic E-state index is 13.8. The van der Waals surface area contributed by atoms with Crippen LogP contribution in [0.1, 0.15) is 39.2 Å². The molecule has 9 nitrogen and oxygen atoms in total. The van der Waals surface area contributed by atoms with Gasteiger partial charge in [-0.1, -0.05) is 6.07 Å². The third-order valence-corrected chi connectivity index (χ3v) is 6.22. The van der Waals surface area contributed by atoms with E-state index in [2.05, 4.69) is 20.2 Å². The van der Waals surface area contributed by atoms with Crippen molar-refractivity contribution < 1.29 is 22.7 Å².